The van der Waals surface area contributed by atoms with Crippen molar-refractivity contribution in [2.24, 2.45) is 11.8 Å². The molecule has 0 unspecified atom stereocenters. The van der Waals surface area contributed by atoms with Crippen LogP contribution in [0.15, 0.2) is 18.2 Å². The van der Waals surface area contributed by atoms with Gasteiger partial charge in [0.15, 0.2) is 11.5 Å². The quantitative estimate of drug-likeness (QED) is 0.308. The van der Waals surface area contributed by atoms with Crippen LogP contribution in [0.2, 0.25) is 0 Å². The normalized spacial score (nSPS) is 10.9. The summed E-state index contributed by atoms with van der Waals surface area (Å²) in [5.41, 5.74) is 0. The summed E-state index contributed by atoms with van der Waals surface area (Å²) in [4.78, 5) is 24.0. The van der Waals surface area contributed by atoms with E-state index in [1.165, 1.54) is 0 Å². The van der Waals surface area contributed by atoms with Crippen LogP contribution in [0, 0.1) is 11.8 Å². The predicted molar refractivity (Wildman–Crippen MR) is 102 cm³/mol. The maximum absolute atomic E-state index is 12.0. The number of benzene rings is 1. The number of hydrogen-bond donors (Lipinski definition) is 0. The third-order valence-electron chi connectivity index (χ3n) is 3.53. The molecule has 0 radical (unpaired) electrons. The van der Waals surface area contributed by atoms with Crippen LogP contribution in [0.3, 0.4) is 0 Å². The number of ether oxygens (including phenoxy) is 3. The van der Waals surface area contributed by atoms with E-state index in [1.807, 2.05) is 27.7 Å². The highest BCUT2D eigenvalue weighted by Crippen LogP contribution is 2.33. The average molecular weight is 364 g/mol. The second-order valence-corrected chi connectivity index (χ2v) is 7.31. The molecule has 0 saturated heterocycles. The Morgan fingerprint density at radius 3 is 2.00 bits per heavy atom. The van der Waals surface area contributed by atoms with Crippen molar-refractivity contribution in [2.45, 2.75) is 66.7 Å². The molecule has 0 N–H and O–H groups in total. The number of unbranched alkanes of at least 4 members (excludes halogenated alkanes) is 2. The smallest absolute Gasteiger partial charge is 0.311 e. The molecule has 0 spiro atoms. The van der Waals surface area contributed by atoms with Gasteiger partial charge >= 0.3 is 11.9 Å². The molecule has 26 heavy (non-hydrogen) atoms. The first-order chi connectivity index (χ1) is 12.3. The van der Waals surface area contributed by atoms with Gasteiger partial charge in [0.1, 0.15) is 5.75 Å². The Kier molecular flexibility index (Phi) is 9.78. The Hall–Kier alpha value is -2.04. The van der Waals surface area contributed by atoms with Crippen molar-refractivity contribution in [1.29, 1.82) is 0 Å². The Balaban J connectivity index is 2.88. The first-order valence-corrected chi connectivity index (χ1v) is 9.50. The molecule has 0 bridgehead atoms. The predicted octanol–water partition coefficient (Wildman–Crippen LogP) is 5.16. The molecule has 0 amide bonds. The van der Waals surface area contributed by atoms with E-state index < -0.39 is 0 Å². The lowest BCUT2D eigenvalue weighted by Crippen LogP contribution is -2.14. The highest BCUT2D eigenvalue weighted by atomic mass is 16.6. The maximum atomic E-state index is 12.0. The van der Waals surface area contributed by atoms with Gasteiger partial charge in [0.25, 0.3) is 0 Å². The first-order valence-electron chi connectivity index (χ1n) is 9.50. The van der Waals surface area contributed by atoms with Crippen LogP contribution in [-0.4, -0.2) is 18.5 Å². The van der Waals surface area contributed by atoms with Gasteiger partial charge in [-0.05, 0) is 30.4 Å². The van der Waals surface area contributed by atoms with Gasteiger partial charge in [-0.2, -0.15) is 0 Å². The molecule has 1 rings (SSSR count). The van der Waals surface area contributed by atoms with Gasteiger partial charge in [0, 0.05) is 18.9 Å². The van der Waals surface area contributed by atoms with Crippen LogP contribution in [-0.2, 0) is 9.59 Å². The van der Waals surface area contributed by atoms with Crippen LogP contribution < -0.4 is 14.2 Å². The van der Waals surface area contributed by atoms with E-state index in [-0.39, 0.29) is 35.3 Å². The second-order valence-electron chi connectivity index (χ2n) is 7.31. The number of carbonyl (C=O) groups excluding carboxylic acids is 2. The molecule has 0 saturated carbocycles. The summed E-state index contributed by atoms with van der Waals surface area (Å²) in [5, 5.41) is 0. The summed E-state index contributed by atoms with van der Waals surface area (Å²) in [5.74, 6) is 0.729. The van der Waals surface area contributed by atoms with E-state index in [9.17, 15) is 9.59 Å². The van der Waals surface area contributed by atoms with Crippen LogP contribution in [0.25, 0.3) is 0 Å². The molecule has 146 valence electrons. The molecule has 5 heteroatoms. The van der Waals surface area contributed by atoms with Gasteiger partial charge in [-0.1, -0.05) is 47.5 Å². The number of rotatable bonds is 11. The molecule has 5 nitrogen and oxygen atoms in total. The average Bonchev–Trinajstić information content (AvgIpc) is 2.52. The van der Waals surface area contributed by atoms with Gasteiger partial charge in [0.2, 0.25) is 0 Å². The molecule has 1 aromatic carbocycles. The molecular weight excluding hydrogens is 332 g/mol. The van der Waals surface area contributed by atoms with Crippen molar-refractivity contribution in [3.63, 3.8) is 0 Å². The zero-order chi connectivity index (χ0) is 19.5. The fraction of sp³-hybridized carbons (Fsp3) is 0.619. The Morgan fingerprint density at radius 2 is 1.46 bits per heavy atom. The molecule has 0 aromatic heterocycles. The molecular formula is C21H32O5. The third kappa shape index (κ3) is 8.88. The van der Waals surface area contributed by atoms with Crippen molar-refractivity contribution in [2.75, 3.05) is 6.61 Å². The molecule has 0 fully saturated rings. The molecule has 1 aromatic rings. The monoisotopic (exact) mass is 364 g/mol. The zero-order valence-corrected chi connectivity index (χ0v) is 16.7. The topological polar surface area (TPSA) is 61.8 Å². The van der Waals surface area contributed by atoms with Crippen LogP contribution in [0.5, 0.6) is 17.2 Å². The fourth-order valence-corrected chi connectivity index (χ4v) is 2.28. The lowest BCUT2D eigenvalue weighted by Gasteiger charge is -2.14. The zero-order valence-electron chi connectivity index (χ0n) is 16.7. The van der Waals surface area contributed by atoms with Crippen LogP contribution in [0.4, 0.5) is 0 Å². The molecule has 0 aliphatic carbocycles. The van der Waals surface area contributed by atoms with E-state index in [2.05, 4.69) is 6.92 Å². The third-order valence-corrected chi connectivity index (χ3v) is 3.53. The fourth-order valence-electron chi connectivity index (χ4n) is 2.28. The van der Waals surface area contributed by atoms with Crippen molar-refractivity contribution in [3.05, 3.63) is 18.2 Å². The summed E-state index contributed by atoms with van der Waals surface area (Å²) in [7, 11) is 0. The van der Waals surface area contributed by atoms with E-state index >= 15 is 0 Å². The summed E-state index contributed by atoms with van der Waals surface area (Å²) in [6, 6.07) is 4.96. The van der Waals surface area contributed by atoms with Crippen molar-refractivity contribution >= 4 is 11.9 Å². The van der Waals surface area contributed by atoms with Gasteiger partial charge in [-0.15, -0.1) is 0 Å². The van der Waals surface area contributed by atoms with Gasteiger partial charge in [-0.25, -0.2) is 0 Å². The minimum atomic E-state index is -0.357. The highest BCUT2D eigenvalue weighted by Gasteiger charge is 2.17. The number of carbonyl (C=O) groups is 2. The summed E-state index contributed by atoms with van der Waals surface area (Å²) in [6.07, 6.45) is 3.77. The number of esters is 2. The molecule has 0 aliphatic rings. The van der Waals surface area contributed by atoms with Crippen molar-refractivity contribution in [3.8, 4) is 17.2 Å². The molecule has 0 heterocycles. The Bertz CT molecular complexity index is 578. The van der Waals surface area contributed by atoms with E-state index in [1.54, 1.807) is 18.2 Å². The lowest BCUT2D eigenvalue weighted by atomic mass is 10.1. The summed E-state index contributed by atoms with van der Waals surface area (Å²) < 4.78 is 16.5. The SMILES string of the molecule is CCCCCOc1ccc(OC(=O)CC(C)C)c(OC(=O)CC(C)C)c1. The van der Waals surface area contributed by atoms with Crippen LogP contribution >= 0.6 is 0 Å². The van der Waals surface area contributed by atoms with E-state index in [4.69, 9.17) is 14.2 Å². The lowest BCUT2D eigenvalue weighted by molar-refractivity contribution is -0.138. The van der Waals surface area contributed by atoms with Crippen molar-refractivity contribution in [1.82, 2.24) is 0 Å². The van der Waals surface area contributed by atoms with E-state index in [0.717, 1.165) is 19.3 Å². The molecule has 0 aliphatic heterocycles. The Labute approximate surface area is 157 Å². The minimum absolute atomic E-state index is 0.183. The highest BCUT2D eigenvalue weighted by molar-refractivity contribution is 5.76. The first kappa shape index (κ1) is 22.0. The standard InChI is InChI=1S/C21H32O5/c1-6-7-8-11-24-17-9-10-18(25-20(22)12-15(2)3)19(14-17)26-21(23)13-16(4)5/h9-10,14-16H,6-8,11-13H2,1-5H3. The van der Waals surface area contributed by atoms with Crippen LogP contribution in [0.1, 0.15) is 66.7 Å². The second kappa shape index (κ2) is 11.6. The summed E-state index contributed by atoms with van der Waals surface area (Å²) >= 11 is 0. The Morgan fingerprint density at radius 1 is 0.885 bits per heavy atom. The van der Waals surface area contributed by atoms with Gasteiger partial charge in [0.05, 0.1) is 6.61 Å². The maximum Gasteiger partial charge on any atom is 0.311 e. The van der Waals surface area contributed by atoms with Gasteiger partial charge in [-0.3, -0.25) is 9.59 Å². The largest absolute Gasteiger partial charge is 0.493 e. The minimum Gasteiger partial charge on any atom is -0.493 e. The van der Waals surface area contributed by atoms with Gasteiger partial charge < -0.3 is 14.2 Å². The van der Waals surface area contributed by atoms with E-state index in [0.29, 0.717) is 25.2 Å². The summed E-state index contributed by atoms with van der Waals surface area (Å²) in [6.45, 7) is 10.5. The molecule has 0 atom stereocenters. The number of hydrogen-bond acceptors (Lipinski definition) is 5. The van der Waals surface area contributed by atoms with Crippen molar-refractivity contribution < 1.29 is 23.8 Å².